The molecule has 0 saturated carbocycles. The van der Waals surface area contributed by atoms with Crippen molar-refractivity contribution in [1.82, 2.24) is 29.2 Å². The van der Waals surface area contributed by atoms with Crippen LogP contribution in [0.25, 0.3) is 0 Å². The second-order valence-electron chi connectivity index (χ2n) is 9.56. The van der Waals surface area contributed by atoms with Crippen LogP contribution in [0.1, 0.15) is 29.1 Å². The Morgan fingerprint density at radius 3 is 2.58 bits per heavy atom. The van der Waals surface area contributed by atoms with E-state index >= 15 is 0 Å². The Kier molecular flexibility index (Phi) is 9.19. The van der Waals surface area contributed by atoms with Gasteiger partial charge in [-0.3, -0.25) is 9.80 Å². The third-order valence-electron chi connectivity index (χ3n) is 6.77. The van der Waals surface area contributed by atoms with Crippen molar-refractivity contribution < 1.29 is 9.18 Å². The molecule has 10 heteroatoms. The highest BCUT2D eigenvalue weighted by atomic mass is 32.1. The number of rotatable bonds is 12. The molecule has 36 heavy (non-hydrogen) atoms. The van der Waals surface area contributed by atoms with Crippen molar-refractivity contribution in [3.63, 3.8) is 0 Å². The molecule has 0 aliphatic carbocycles. The summed E-state index contributed by atoms with van der Waals surface area (Å²) in [5, 5.41) is 1.11. The zero-order valence-corrected chi connectivity index (χ0v) is 22.2. The number of thiazole rings is 1. The van der Waals surface area contributed by atoms with Crippen molar-refractivity contribution >= 4 is 22.8 Å². The lowest BCUT2D eigenvalue weighted by Crippen LogP contribution is -2.44. The molecule has 0 amide bonds. The van der Waals surface area contributed by atoms with E-state index < -0.39 is 0 Å². The first-order valence-corrected chi connectivity index (χ1v) is 13.2. The first-order chi connectivity index (χ1) is 17.4. The lowest BCUT2D eigenvalue weighted by molar-refractivity contribution is -0.109. The van der Waals surface area contributed by atoms with Crippen LogP contribution in [0, 0.1) is 5.82 Å². The molecule has 1 aromatic carbocycles. The van der Waals surface area contributed by atoms with Crippen LogP contribution in [-0.2, 0) is 17.9 Å². The third-order valence-corrected chi connectivity index (χ3v) is 7.82. The van der Waals surface area contributed by atoms with E-state index in [2.05, 4.69) is 55.2 Å². The Balaban J connectivity index is 1.31. The van der Waals surface area contributed by atoms with E-state index in [4.69, 9.17) is 0 Å². The Labute approximate surface area is 217 Å². The summed E-state index contributed by atoms with van der Waals surface area (Å²) in [6.07, 6.45) is 6.60. The van der Waals surface area contributed by atoms with Crippen LogP contribution in [0.4, 0.5) is 9.52 Å². The molecule has 1 aliphatic heterocycles. The maximum atomic E-state index is 13.3. The fraction of sp³-hybridized carbons (Fsp3) is 0.500. The molecule has 1 aliphatic rings. The molecule has 2 aromatic heterocycles. The Morgan fingerprint density at radius 1 is 1.11 bits per heavy atom. The lowest BCUT2D eigenvalue weighted by atomic mass is 10.1. The fourth-order valence-electron chi connectivity index (χ4n) is 4.45. The average Bonchev–Trinajstić information content (AvgIpc) is 3.53. The molecule has 0 radical (unpaired) electrons. The minimum Gasteiger partial charge on any atom is -0.346 e. The van der Waals surface area contributed by atoms with Gasteiger partial charge >= 0.3 is 0 Å². The van der Waals surface area contributed by atoms with Crippen molar-refractivity contribution in [2.24, 2.45) is 0 Å². The quantitative estimate of drug-likeness (QED) is 0.345. The number of hydrogen-bond donors (Lipinski definition) is 0. The third kappa shape index (κ3) is 6.97. The molecule has 1 fully saturated rings. The van der Waals surface area contributed by atoms with E-state index in [9.17, 15) is 9.18 Å². The number of hydrogen-bond acceptors (Lipinski definition) is 8. The number of carbonyl (C=O) groups excluding carboxylic acids is 1. The second kappa shape index (κ2) is 12.5. The highest BCUT2D eigenvalue weighted by Gasteiger charge is 2.18. The topological polar surface area (TPSA) is 60.7 Å². The number of anilines is 1. The van der Waals surface area contributed by atoms with Gasteiger partial charge in [0.15, 0.2) is 5.13 Å². The van der Waals surface area contributed by atoms with E-state index in [1.165, 1.54) is 17.0 Å². The predicted molar refractivity (Wildman–Crippen MR) is 142 cm³/mol. The van der Waals surface area contributed by atoms with Gasteiger partial charge in [-0.05, 0) is 38.7 Å². The van der Waals surface area contributed by atoms with Crippen LogP contribution in [0.2, 0.25) is 0 Å². The van der Waals surface area contributed by atoms with E-state index in [0.29, 0.717) is 13.1 Å². The van der Waals surface area contributed by atoms with Crippen LogP contribution >= 0.6 is 11.3 Å². The molecule has 1 saturated heterocycles. The minimum absolute atomic E-state index is 0.0182. The molecule has 8 nitrogen and oxygen atoms in total. The maximum Gasteiger partial charge on any atom is 0.185 e. The van der Waals surface area contributed by atoms with E-state index in [1.807, 2.05) is 12.4 Å². The van der Waals surface area contributed by atoms with Crippen LogP contribution in [-0.4, -0.2) is 95.4 Å². The normalized spacial score (nSPS) is 15.7. The van der Waals surface area contributed by atoms with Gasteiger partial charge < -0.3 is 19.2 Å². The Hall–Kier alpha value is -2.66. The van der Waals surface area contributed by atoms with Crippen molar-refractivity contribution in [3.05, 3.63) is 64.9 Å². The molecule has 3 aromatic rings. The standard InChI is InChI=1S/C26H36FN7OS/c1-21(22-4-6-23(27)7-5-22)34-20-28-16-24(34)18-32(14-15-35)11-8-31(3)19-25-17-29-26(36-25)33-12-9-30(2)10-13-33/h4-7,15-17,20-21H,8-14,18-19H2,1-3H3. The van der Waals surface area contributed by atoms with Gasteiger partial charge in [0.1, 0.15) is 12.1 Å². The van der Waals surface area contributed by atoms with E-state index in [0.717, 1.165) is 68.5 Å². The summed E-state index contributed by atoms with van der Waals surface area (Å²) < 4.78 is 15.4. The number of carbonyl (C=O) groups is 1. The van der Waals surface area contributed by atoms with Crippen LogP contribution in [0.5, 0.6) is 0 Å². The molecule has 194 valence electrons. The molecule has 0 N–H and O–H groups in total. The van der Waals surface area contributed by atoms with Gasteiger partial charge in [-0.25, -0.2) is 14.4 Å². The molecular weight excluding hydrogens is 477 g/mol. The molecular formula is C26H36FN7OS. The zero-order chi connectivity index (χ0) is 25.5. The molecule has 1 unspecified atom stereocenters. The summed E-state index contributed by atoms with van der Waals surface area (Å²) in [4.78, 5) is 30.8. The lowest BCUT2D eigenvalue weighted by Gasteiger charge is -2.32. The molecule has 0 bridgehead atoms. The summed E-state index contributed by atoms with van der Waals surface area (Å²) in [7, 11) is 4.27. The van der Waals surface area contributed by atoms with Crippen LogP contribution in [0.3, 0.4) is 0 Å². The number of benzene rings is 1. The van der Waals surface area contributed by atoms with Gasteiger partial charge in [-0.15, -0.1) is 11.3 Å². The van der Waals surface area contributed by atoms with Crippen LogP contribution < -0.4 is 4.90 Å². The van der Waals surface area contributed by atoms with Crippen molar-refractivity contribution in [1.29, 1.82) is 0 Å². The molecule has 1 atom stereocenters. The van der Waals surface area contributed by atoms with Gasteiger partial charge in [0.05, 0.1) is 24.6 Å². The van der Waals surface area contributed by atoms with E-state index in [-0.39, 0.29) is 11.9 Å². The van der Waals surface area contributed by atoms with E-state index in [1.54, 1.807) is 29.8 Å². The Morgan fingerprint density at radius 2 is 1.86 bits per heavy atom. The first-order valence-electron chi connectivity index (χ1n) is 12.4. The molecule has 4 rings (SSSR count). The van der Waals surface area contributed by atoms with Crippen molar-refractivity contribution in [2.45, 2.75) is 26.1 Å². The zero-order valence-electron chi connectivity index (χ0n) is 21.4. The number of piperazine rings is 1. The summed E-state index contributed by atoms with van der Waals surface area (Å²) in [6.45, 7) is 9.66. The highest BCUT2D eigenvalue weighted by Crippen LogP contribution is 2.24. The summed E-state index contributed by atoms with van der Waals surface area (Å²) in [6, 6.07) is 6.58. The molecule has 0 spiro atoms. The van der Waals surface area contributed by atoms with Gasteiger partial charge in [-0.1, -0.05) is 12.1 Å². The Bertz CT molecular complexity index is 1090. The van der Waals surface area contributed by atoms with Crippen molar-refractivity contribution in [2.75, 3.05) is 64.8 Å². The number of likely N-dealkylation sites (N-methyl/N-ethyl adjacent to an activating group) is 2. The number of imidazole rings is 1. The second-order valence-corrected chi connectivity index (χ2v) is 10.7. The van der Waals surface area contributed by atoms with Gasteiger partial charge in [0.25, 0.3) is 0 Å². The summed E-state index contributed by atoms with van der Waals surface area (Å²) >= 11 is 1.77. The summed E-state index contributed by atoms with van der Waals surface area (Å²) in [5.74, 6) is -0.244. The monoisotopic (exact) mass is 513 g/mol. The first kappa shape index (κ1) is 26.4. The van der Waals surface area contributed by atoms with Crippen LogP contribution in [0.15, 0.2) is 43.0 Å². The highest BCUT2D eigenvalue weighted by molar-refractivity contribution is 7.15. The van der Waals surface area contributed by atoms with Gasteiger partial charge in [0, 0.05) is 69.6 Å². The number of aromatic nitrogens is 3. The average molecular weight is 514 g/mol. The largest absolute Gasteiger partial charge is 0.346 e. The fourth-order valence-corrected chi connectivity index (χ4v) is 5.49. The number of nitrogens with zero attached hydrogens (tertiary/aromatic N) is 7. The minimum atomic E-state index is -0.244. The molecule has 3 heterocycles. The maximum absolute atomic E-state index is 13.3. The number of aldehydes is 1. The summed E-state index contributed by atoms with van der Waals surface area (Å²) in [5.41, 5.74) is 2.04. The predicted octanol–water partition coefficient (Wildman–Crippen LogP) is 2.97. The van der Waals surface area contributed by atoms with Gasteiger partial charge in [-0.2, -0.15) is 0 Å². The SMILES string of the molecule is CC(c1ccc(F)cc1)n1cncc1CN(CC=O)CCN(C)Cc1cnc(N2CCN(C)CC2)s1. The number of halogens is 1. The van der Waals surface area contributed by atoms with Gasteiger partial charge in [0.2, 0.25) is 0 Å². The van der Waals surface area contributed by atoms with Crippen molar-refractivity contribution in [3.8, 4) is 0 Å². The smallest absolute Gasteiger partial charge is 0.185 e.